The standard InChI is InChI=1S/C12H15FN2O4S2/c1-20-12(5-2-6-12)8-14-21(18,19)9-3-4-11(15(16)17)10(13)7-9/h3-4,7,14H,2,5-6,8H2,1H3. The number of benzene rings is 1. The second kappa shape index (κ2) is 5.90. The fourth-order valence-electron chi connectivity index (χ4n) is 2.14. The van der Waals surface area contributed by atoms with Gasteiger partial charge in [-0.2, -0.15) is 16.2 Å². The summed E-state index contributed by atoms with van der Waals surface area (Å²) in [5, 5.41) is 10.5. The Balaban J connectivity index is 2.16. The van der Waals surface area contributed by atoms with Crippen LogP contribution in [0.25, 0.3) is 0 Å². The van der Waals surface area contributed by atoms with Crippen molar-refractivity contribution >= 4 is 27.5 Å². The van der Waals surface area contributed by atoms with Crippen molar-refractivity contribution in [1.29, 1.82) is 0 Å². The molecular formula is C12H15FN2O4S2. The van der Waals surface area contributed by atoms with Crippen LogP contribution in [0.5, 0.6) is 0 Å². The minimum Gasteiger partial charge on any atom is -0.258 e. The maximum Gasteiger partial charge on any atom is 0.304 e. The zero-order valence-corrected chi connectivity index (χ0v) is 13.0. The van der Waals surface area contributed by atoms with E-state index in [0.717, 1.165) is 31.4 Å². The van der Waals surface area contributed by atoms with E-state index < -0.39 is 26.5 Å². The van der Waals surface area contributed by atoms with Crippen molar-refractivity contribution in [1.82, 2.24) is 4.72 Å². The molecule has 1 aromatic carbocycles. The van der Waals surface area contributed by atoms with Gasteiger partial charge < -0.3 is 0 Å². The summed E-state index contributed by atoms with van der Waals surface area (Å²) < 4.78 is 40.1. The zero-order valence-electron chi connectivity index (χ0n) is 11.3. The maximum absolute atomic E-state index is 13.5. The van der Waals surface area contributed by atoms with Crippen LogP contribution in [0, 0.1) is 15.9 Å². The molecule has 0 radical (unpaired) electrons. The Bertz CT molecular complexity index is 654. The second-order valence-corrected chi connectivity index (χ2v) is 7.98. The van der Waals surface area contributed by atoms with Gasteiger partial charge >= 0.3 is 5.69 Å². The average Bonchev–Trinajstić information content (AvgIpc) is 2.37. The van der Waals surface area contributed by atoms with Gasteiger partial charge in [-0.25, -0.2) is 13.1 Å². The van der Waals surface area contributed by atoms with Crippen molar-refractivity contribution in [3.63, 3.8) is 0 Å². The van der Waals surface area contributed by atoms with Gasteiger partial charge in [0.25, 0.3) is 0 Å². The van der Waals surface area contributed by atoms with Crippen LogP contribution in [-0.4, -0.2) is 30.9 Å². The Kier molecular flexibility index (Phi) is 4.54. The van der Waals surface area contributed by atoms with Gasteiger partial charge in [-0.05, 0) is 25.2 Å². The van der Waals surface area contributed by atoms with Crippen LogP contribution in [0.2, 0.25) is 0 Å². The van der Waals surface area contributed by atoms with Crippen molar-refractivity contribution in [3.05, 3.63) is 34.1 Å². The third-order valence-electron chi connectivity index (χ3n) is 3.71. The smallest absolute Gasteiger partial charge is 0.258 e. The molecule has 0 atom stereocenters. The summed E-state index contributed by atoms with van der Waals surface area (Å²) in [7, 11) is -3.87. The van der Waals surface area contributed by atoms with Crippen molar-refractivity contribution < 1.29 is 17.7 Å². The van der Waals surface area contributed by atoms with Gasteiger partial charge in [0, 0.05) is 23.4 Å². The summed E-state index contributed by atoms with van der Waals surface area (Å²) in [6.45, 7) is 0.273. The molecule has 21 heavy (non-hydrogen) atoms. The highest BCUT2D eigenvalue weighted by Crippen LogP contribution is 2.42. The molecule has 0 amide bonds. The molecule has 1 saturated carbocycles. The van der Waals surface area contributed by atoms with Gasteiger partial charge in [0.1, 0.15) is 0 Å². The number of sulfonamides is 1. The third kappa shape index (κ3) is 3.35. The third-order valence-corrected chi connectivity index (χ3v) is 6.53. The predicted molar refractivity (Wildman–Crippen MR) is 78.3 cm³/mol. The highest BCUT2D eigenvalue weighted by atomic mass is 32.2. The quantitative estimate of drug-likeness (QED) is 0.637. The number of halogens is 1. The maximum atomic E-state index is 13.5. The molecule has 1 aromatic rings. The topological polar surface area (TPSA) is 89.3 Å². The van der Waals surface area contributed by atoms with Crippen LogP contribution in [0.3, 0.4) is 0 Å². The van der Waals surface area contributed by atoms with E-state index in [9.17, 15) is 22.9 Å². The number of rotatable bonds is 6. The highest BCUT2D eigenvalue weighted by molar-refractivity contribution is 8.00. The molecule has 0 unspecified atom stereocenters. The van der Waals surface area contributed by atoms with Crippen LogP contribution in [0.1, 0.15) is 19.3 Å². The van der Waals surface area contributed by atoms with Gasteiger partial charge in [-0.15, -0.1) is 0 Å². The summed E-state index contributed by atoms with van der Waals surface area (Å²) in [6, 6.07) is 2.57. The Morgan fingerprint density at radius 1 is 1.48 bits per heavy atom. The van der Waals surface area contributed by atoms with Crippen molar-refractivity contribution in [2.45, 2.75) is 28.9 Å². The Morgan fingerprint density at radius 3 is 2.57 bits per heavy atom. The van der Waals surface area contributed by atoms with Gasteiger partial charge in [0.15, 0.2) is 0 Å². The molecule has 0 aliphatic heterocycles. The molecule has 1 aliphatic carbocycles. The summed E-state index contributed by atoms with van der Waals surface area (Å²) in [5.74, 6) is -1.16. The lowest BCUT2D eigenvalue weighted by molar-refractivity contribution is -0.387. The van der Waals surface area contributed by atoms with Crippen molar-refractivity contribution in [2.75, 3.05) is 12.8 Å². The van der Waals surface area contributed by atoms with E-state index in [2.05, 4.69) is 4.72 Å². The molecule has 1 fully saturated rings. The molecule has 0 aromatic heterocycles. The SMILES string of the molecule is CSC1(CNS(=O)(=O)c2ccc([N+](=O)[O-])c(F)c2)CCC1. The molecule has 6 nitrogen and oxygen atoms in total. The fourth-order valence-corrected chi connectivity index (χ4v) is 4.28. The normalized spacial score (nSPS) is 17.2. The molecule has 1 aliphatic rings. The first kappa shape index (κ1) is 16.2. The molecule has 0 saturated heterocycles. The molecule has 0 spiro atoms. The van der Waals surface area contributed by atoms with E-state index in [1.54, 1.807) is 11.8 Å². The Morgan fingerprint density at radius 2 is 2.14 bits per heavy atom. The van der Waals surface area contributed by atoms with E-state index in [1.807, 2.05) is 6.26 Å². The molecule has 2 rings (SSSR count). The van der Waals surface area contributed by atoms with E-state index in [1.165, 1.54) is 0 Å². The number of nitro benzene ring substituents is 1. The Labute approximate surface area is 126 Å². The predicted octanol–water partition coefficient (Wildman–Crippen LogP) is 2.30. The Hall–Kier alpha value is -1.19. The van der Waals surface area contributed by atoms with Crippen LogP contribution in [0.15, 0.2) is 23.1 Å². The van der Waals surface area contributed by atoms with E-state index in [4.69, 9.17) is 0 Å². The second-order valence-electron chi connectivity index (χ2n) is 4.94. The van der Waals surface area contributed by atoms with Crippen LogP contribution in [0.4, 0.5) is 10.1 Å². The summed E-state index contributed by atoms with van der Waals surface area (Å²) in [4.78, 5) is 9.33. The molecule has 116 valence electrons. The summed E-state index contributed by atoms with van der Waals surface area (Å²) in [6.07, 6.45) is 4.87. The molecular weight excluding hydrogens is 319 g/mol. The number of nitrogens with zero attached hydrogens (tertiary/aromatic N) is 1. The van der Waals surface area contributed by atoms with E-state index in [0.29, 0.717) is 6.07 Å². The van der Waals surface area contributed by atoms with Gasteiger partial charge in [0.2, 0.25) is 15.8 Å². The minimum atomic E-state index is -3.87. The largest absolute Gasteiger partial charge is 0.304 e. The van der Waals surface area contributed by atoms with Gasteiger partial charge in [-0.1, -0.05) is 6.42 Å². The highest BCUT2D eigenvalue weighted by Gasteiger charge is 2.37. The molecule has 9 heteroatoms. The average molecular weight is 334 g/mol. The lowest BCUT2D eigenvalue weighted by Gasteiger charge is -2.40. The van der Waals surface area contributed by atoms with E-state index >= 15 is 0 Å². The van der Waals surface area contributed by atoms with E-state index in [-0.39, 0.29) is 16.2 Å². The van der Waals surface area contributed by atoms with Crippen molar-refractivity contribution in [3.8, 4) is 0 Å². The number of nitrogens with one attached hydrogen (secondary N) is 1. The molecule has 1 N–H and O–H groups in total. The first-order valence-corrected chi connectivity index (χ1v) is 8.99. The number of nitro groups is 1. The first-order valence-electron chi connectivity index (χ1n) is 6.28. The number of hydrogen-bond acceptors (Lipinski definition) is 5. The van der Waals surface area contributed by atoms with Crippen molar-refractivity contribution in [2.24, 2.45) is 0 Å². The summed E-state index contributed by atoms with van der Waals surface area (Å²) in [5.41, 5.74) is -0.742. The molecule has 0 heterocycles. The van der Waals surface area contributed by atoms with Crippen LogP contribution in [-0.2, 0) is 10.0 Å². The lowest BCUT2D eigenvalue weighted by Crippen LogP contribution is -2.45. The first-order chi connectivity index (χ1) is 9.80. The minimum absolute atomic E-state index is 0.0909. The zero-order chi connectivity index (χ0) is 15.7. The monoisotopic (exact) mass is 334 g/mol. The summed E-state index contributed by atoms with van der Waals surface area (Å²) >= 11 is 1.61. The fraction of sp³-hybridized carbons (Fsp3) is 0.500. The van der Waals surface area contributed by atoms with Crippen LogP contribution < -0.4 is 4.72 Å². The molecule has 0 bridgehead atoms. The number of thioether (sulfide) groups is 1. The number of hydrogen-bond donors (Lipinski definition) is 1. The van der Waals surface area contributed by atoms with Gasteiger partial charge in [-0.3, -0.25) is 10.1 Å². The van der Waals surface area contributed by atoms with Gasteiger partial charge in [0.05, 0.1) is 9.82 Å². The lowest BCUT2D eigenvalue weighted by atomic mass is 9.84. The van der Waals surface area contributed by atoms with Crippen LogP contribution >= 0.6 is 11.8 Å².